The van der Waals surface area contributed by atoms with Crippen LogP contribution in [0.15, 0.2) is 0 Å². The monoisotopic (exact) mass is 385 g/mol. The van der Waals surface area contributed by atoms with Gasteiger partial charge in [-0.25, -0.2) is 0 Å². The molecule has 0 aromatic carbocycles. The maximum absolute atomic E-state index is 11.0. The van der Waals surface area contributed by atoms with Crippen molar-refractivity contribution in [3.05, 3.63) is 0 Å². The molecule has 1 fully saturated rings. The van der Waals surface area contributed by atoms with E-state index in [0.29, 0.717) is 0 Å². The van der Waals surface area contributed by atoms with Crippen LogP contribution in [-0.4, -0.2) is 41.4 Å². The van der Waals surface area contributed by atoms with E-state index >= 15 is 0 Å². The van der Waals surface area contributed by atoms with E-state index in [1.54, 1.807) is 0 Å². The van der Waals surface area contributed by atoms with E-state index in [1.165, 1.54) is 0 Å². The molecule has 2 unspecified atom stereocenters. The molecule has 0 aromatic rings. The van der Waals surface area contributed by atoms with Crippen LogP contribution in [0.2, 0.25) is 0 Å². The van der Waals surface area contributed by atoms with Crippen LogP contribution in [0.5, 0.6) is 0 Å². The van der Waals surface area contributed by atoms with E-state index in [0.717, 1.165) is 0 Å². The molecule has 1 rings (SSSR count). The molecule has 17 heteroatoms. The van der Waals surface area contributed by atoms with Crippen LogP contribution in [0.3, 0.4) is 0 Å². The Hall–Kier alpha value is 0.250. The fourth-order valence-corrected chi connectivity index (χ4v) is 3.27. The summed E-state index contributed by atoms with van der Waals surface area (Å²) in [7, 11) is -17.2. The van der Waals surface area contributed by atoms with Gasteiger partial charge in [0.05, 0.1) is 22.3 Å². The summed E-state index contributed by atoms with van der Waals surface area (Å²) in [5, 5.41) is 18.8. The average molecular weight is 385 g/mol. The molecule has 14 nitrogen and oxygen atoms in total. The lowest BCUT2D eigenvalue weighted by molar-refractivity contribution is -0.345. The smallest absolute Gasteiger partial charge is 0.274 e. The van der Waals surface area contributed by atoms with Crippen molar-refractivity contribution in [1.29, 1.82) is 0 Å². The Morgan fingerprint density at radius 2 is 1.50 bits per heavy atom. The van der Waals surface area contributed by atoms with E-state index in [2.05, 4.69) is 18.1 Å². The summed E-state index contributed by atoms with van der Waals surface area (Å²) >= 11 is 0. The highest BCUT2D eigenvalue weighted by atomic mass is 31.3. The minimum Gasteiger partial charge on any atom is -0.790 e. The summed E-state index contributed by atoms with van der Waals surface area (Å²) in [4.78, 5) is 51.9. The lowest BCUT2D eigenvalue weighted by Gasteiger charge is -2.36. The van der Waals surface area contributed by atoms with E-state index < -0.39 is 54.7 Å². The first-order valence-corrected chi connectivity index (χ1v) is 9.49. The molecule has 1 heterocycles. The lowest BCUT2D eigenvalue weighted by Crippen LogP contribution is -2.35. The Labute approximate surface area is 122 Å². The van der Waals surface area contributed by atoms with E-state index in [-0.39, 0.29) is 0 Å². The van der Waals surface area contributed by atoms with E-state index in [9.17, 15) is 48.4 Å². The summed E-state index contributed by atoms with van der Waals surface area (Å²) < 4.78 is 46.8. The number of aliphatic hydroxyl groups is 2. The summed E-state index contributed by atoms with van der Waals surface area (Å²) in [6.45, 7) is -1.08. The van der Waals surface area contributed by atoms with Gasteiger partial charge < -0.3 is 53.1 Å². The van der Waals surface area contributed by atoms with Crippen molar-refractivity contribution >= 4 is 23.5 Å². The second-order valence-corrected chi connectivity index (χ2v) is 7.65. The van der Waals surface area contributed by atoms with Gasteiger partial charge in [0, 0.05) is 0 Å². The van der Waals surface area contributed by atoms with Gasteiger partial charge in [-0.05, 0) is 0 Å². The van der Waals surface area contributed by atoms with Crippen LogP contribution in [0.25, 0.3) is 0 Å². The molecular formula is C5H8O14P3-5. The summed E-state index contributed by atoms with van der Waals surface area (Å²) in [6.07, 6.45) is -7.96. The van der Waals surface area contributed by atoms with Crippen molar-refractivity contribution in [1.82, 2.24) is 0 Å². The molecule has 0 aliphatic carbocycles. The molecule has 0 spiro atoms. The minimum absolute atomic E-state index is 1.08. The Bertz CT molecular complexity index is 521. The fourth-order valence-electron chi connectivity index (χ4n) is 1.37. The molecule has 1 aliphatic rings. The third kappa shape index (κ3) is 6.79. The van der Waals surface area contributed by atoms with Crippen molar-refractivity contribution in [3.63, 3.8) is 0 Å². The highest BCUT2D eigenvalue weighted by molar-refractivity contribution is 7.58. The Kier molecular flexibility index (Phi) is 6.47. The van der Waals surface area contributed by atoms with Crippen molar-refractivity contribution in [2.24, 2.45) is 0 Å². The molecule has 22 heavy (non-hydrogen) atoms. The van der Waals surface area contributed by atoms with Gasteiger partial charge in [0.2, 0.25) is 0 Å². The predicted octanol–water partition coefficient (Wildman–Crippen LogP) is -5.39. The molecular weight excluding hydrogens is 377 g/mol. The van der Waals surface area contributed by atoms with Crippen molar-refractivity contribution < 1.29 is 66.5 Å². The SMILES string of the molecule is O=P([O-])([O-])OC[C@H]1OC(OP(=O)([O-])OP(=O)([O-])[O-])[C@H](O)[C@@H]1O. The lowest BCUT2D eigenvalue weighted by atomic mass is 10.1. The number of hydrogen-bond donors (Lipinski definition) is 2. The van der Waals surface area contributed by atoms with Gasteiger partial charge in [0.15, 0.2) is 6.29 Å². The molecule has 0 radical (unpaired) electrons. The molecule has 1 saturated heterocycles. The van der Waals surface area contributed by atoms with Crippen molar-refractivity contribution in [3.8, 4) is 0 Å². The van der Waals surface area contributed by atoms with Crippen LogP contribution in [0.4, 0.5) is 0 Å². The largest absolute Gasteiger partial charge is 0.790 e. The van der Waals surface area contributed by atoms with Crippen molar-refractivity contribution in [2.75, 3.05) is 6.61 Å². The molecule has 0 aromatic heterocycles. The average Bonchev–Trinajstić information content (AvgIpc) is 2.49. The maximum atomic E-state index is 11.0. The van der Waals surface area contributed by atoms with Gasteiger partial charge in [-0.15, -0.1) is 0 Å². The van der Waals surface area contributed by atoms with Gasteiger partial charge >= 0.3 is 0 Å². The summed E-state index contributed by atoms with van der Waals surface area (Å²) in [5.41, 5.74) is 0. The van der Waals surface area contributed by atoms with Crippen LogP contribution in [0.1, 0.15) is 0 Å². The zero-order valence-electron chi connectivity index (χ0n) is 10.2. The van der Waals surface area contributed by atoms with Gasteiger partial charge in [0.1, 0.15) is 18.3 Å². The van der Waals surface area contributed by atoms with Crippen LogP contribution in [0, 0.1) is 0 Å². The Morgan fingerprint density at radius 3 is 1.95 bits per heavy atom. The van der Waals surface area contributed by atoms with E-state index in [1.807, 2.05) is 0 Å². The molecule has 0 amide bonds. The zero-order valence-corrected chi connectivity index (χ0v) is 12.8. The van der Waals surface area contributed by atoms with E-state index in [4.69, 9.17) is 0 Å². The zero-order chi connectivity index (χ0) is 17.3. The Balaban J connectivity index is 2.68. The summed E-state index contributed by atoms with van der Waals surface area (Å²) in [5.74, 6) is 0. The minimum atomic E-state index is -5.97. The number of phosphoric ester groups is 2. The van der Waals surface area contributed by atoms with Crippen LogP contribution in [-0.2, 0) is 31.8 Å². The second-order valence-electron chi connectivity index (χ2n) is 3.85. The number of phosphoric acid groups is 3. The highest BCUT2D eigenvalue weighted by Gasteiger charge is 2.45. The van der Waals surface area contributed by atoms with Gasteiger partial charge in [0.25, 0.3) is 7.82 Å². The normalized spacial score (nSPS) is 32.9. The predicted molar refractivity (Wildman–Crippen MR) is 51.6 cm³/mol. The molecule has 2 N–H and O–H groups in total. The third-order valence-corrected chi connectivity index (χ3v) is 4.68. The number of rotatable bonds is 7. The first kappa shape index (κ1) is 20.3. The molecule has 5 atom stereocenters. The molecule has 0 saturated carbocycles. The van der Waals surface area contributed by atoms with Gasteiger partial charge in [-0.2, -0.15) is 0 Å². The topological polar surface area (TPSA) is 244 Å². The second kappa shape index (κ2) is 7.01. The quantitative estimate of drug-likeness (QED) is 0.388. The molecule has 0 bridgehead atoms. The van der Waals surface area contributed by atoms with Gasteiger partial charge in [-0.1, -0.05) is 0 Å². The van der Waals surface area contributed by atoms with Crippen molar-refractivity contribution in [2.45, 2.75) is 24.6 Å². The standard InChI is InChI=1S/C5H13O14P3/c6-3-2(1-16-20(8,9)10)17-5(4(3)7)18-22(14,15)19-21(11,12)13/h2-7H,1H2,(H,14,15)(H2,8,9,10)(H2,11,12,13)/p-5/t2-,3-,4-,5?/m1/s1. The Morgan fingerprint density at radius 1 is 0.955 bits per heavy atom. The first-order valence-electron chi connectivity index (χ1n) is 5.11. The fraction of sp³-hybridized carbons (Fsp3) is 1.00. The molecule has 1 aliphatic heterocycles. The summed E-state index contributed by atoms with van der Waals surface area (Å²) in [6, 6.07) is 0. The number of hydrogen-bond acceptors (Lipinski definition) is 14. The molecule has 132 valence electrons. The number of aliphatic hydroxyl groups excluding tert-OH is 2. The maximum Gasteiger partial charge on any atom is 0.274 e. The van der Waals surface area contributed by atoms with Gasteiger partial charge in [-0.3, -0.25) is 13.4 Å². The highest BCUT2D eigenvalue weighted by Crippen LogP contribution is 2.52. The van der Waals surface area contributed by atoms with Crippen LogP contribution >= 0.6 is 23.5 Å². The number of ether oxygens (including phenoxy) is 1. The third-order valence-electron chi connectivity index (χ3n) is 2.15. The first-order chi connectivity index (χ1) is 9.70. The van der Waals surface area contributed by atoms with Crippen LogP contribution < -0.4 is 24.5 Å².